The Morgan fingerprint density at radius 3 is 0.750 bits per heavy atom. The van der Waals surface area contributed by atoms with E-state index in [1.807, 2.05) is 0 Å². The second-order valence-corrected chi connectivity index (χ2v) is 23.1. The highest BCUT2D eigenvalue weighted by atomic mass is 32.2. The summed E-state index contributed by atoms with van der Waals surface area (Å²) in [6, 6.07) is 0. The van der Waals surface area contributed by atoms with Gasteiger partial charge in [0.05, 0.1) is 26.4 Å². The van der Waals surface area contributed by atoms with Gasteiger partial charge in [-0.05, 0) is 27.7 Å². The molecule has 18 nitrogen and oxygen atoms in total. The van der Waals surface area contributed by atoms with Crippen LogP contribution in [0.1, 0.15) is 27.7 Å². The molecular formula is C16H28O18P2S4. The summed E-state index contributed by atoms with van der Waals surface area (Å²) in [4.78, 5) is 0. The Kier molecular flexibility index (Phi) is 7.98. The van der Waals surface area contributed by atoms with Crippen molar-refractivity contribution >= 4 is 55.0 Å². The van der Waals surface area contributed by atoms with Crippen LogP contribution in [0.2, 0.25) is 0 Å². The summed E-state index contributed by atoms with van der Waals surface area (Å²) >= 11 is 0. The Morgan fingerprint density at radius 1 is 0.450 bits per heavy atom. The zero-order chi connectivity index (χ0) is 30.3. The molecule has 0 bridgehead atoms. The quantitative estimate of drug-likeness (QED) is 0.224. The fraction of sp³-hybridized carbons (Fsp3) is 1.00. The predicted octanol–water partition coefficient (Wildman–Crippen LogP) is -0.171. The van der Waals surface area contributed by atoms with Crippen LogP contribution in [0.4, 0.5) is 0 Å². The van der Waals surface area contributed by atoms with Gasteiger partial charge in [-0.25, -0.2) is 9.13 Å². The molecule has 4 atom stereocenters. The maximum absolute atomic E-state index is 14.7. The first-order valence-electron chi connectivity index (χ1n) is 11.2. The average molecular weight is 699 g/mol. The van der Waals surface area contributed by atoms with E-state index in [0.717, 1.165) is 27.7 Å². The summed E-state index contributed by atoms with van der Waals surface area (Å²) in [6.45, 7) is 1.43. The van der Waals surface area contributed by atoms with Gasteiger partial charge in [-0.15, -0.1) is 0 Å². The van der Waals surface area contributed by atoms with Crippen LogP contribution in [0.3, 0.4) is 0 Å². The Balaban J connectivity index is 1.84. The lowest BCUT2D eigenvalue weighted by molar-refractivity contribution is -0.00177. The highest BCUT2D eigenvalue weighted by Gasteiger charge is 2.66. The fourth-order valence-electron chi connectivity index (χ4n) is 4.25. The Morgan fingerprint density at radius 2 is 0.625 bits per heavy atom. The molecule has 0 saturated carbocycles. The van der Waals surface area contributed by atoms with E-state index in [0.29, 0.717) is 0 Å². The van der Waals surface area contributed by atoms with E-state index >= 15 is 0 Å². The van der Waals surface area contributed by atoms with Gasteiger partial charge in [-0.3, -0.25) is 34.8 Å². The summed E-state index contributed by atoms with van der Waals surface area (Å²) in [6.07, 6.45) is 0. The van der Waals surface area contributed by atoms with Crippen LogP contribution in [0.25, 0.3) is 0 Å². The summed E-state index contributed by atoms with van der Waals surface area (Å²) in [7, 11) is -28.2. The lowest BCUT2D eigenvalue weighted by Gasteiger charge is -2.39. The molecule has 234 valence electrons. The maximum Gasteiger partial charge on any atom is 0.442 e. The highest BCUT2D eigenvalue weighted by Crippen LogP contribution is 2.87. The van der Waals surface area contributed by atoms with Crippen LogP contribution in [0.5, 0.6) is 0 Å². The van der Waals surface area contributed by atoms with Gasteiger partial charge < -0.3 is 0 Å². The van der Waals surface area contributed by atoms with Crippen molar-refractivity contribution in [3.05, 3.63) is 0 Å². The van der Waals surface area contributed by atoms with E-state index in [1.165, 1.54) is 0 Å². The van der Waals surface area contributed by atoms with E-state index in [4.69, 9.17) is 18.1 Å². The van der Waals surface area contributed by atoms with Crippen molar-refractivity contribution in [3.8, 4) is 0 Å². The zero-order valence-electron chi connectivity index (χ0n) is 21.5. The molecule has 0 N–H and O–H groups in total. The molecule has 0 amide bonds. The van der Waals surface area contributed by atoms with E-state index in [-0.39, 0.29) is 0 Å². The molecule has 4 saturated heterocycles. The molecule has 4 aliphatic heterocycles. The maximum atomic E-state index is 14.7. The minimum Gasteiger partial charge on any atom is -0.290 e. The second-order valence-electron chi connectivity index (χ2n) is 11.0. The summed E-state index contributed by atoms with van der Waals surface area (Å²) in [5, 5.41) is 0. The molecule has 4 fully saturated rings. The van der Waals surface area contributed by atoms with Crippen LogP contribution in [-0.4, -0.2) is 106 Å². The topological polar surface area (TPSA) is 245 Å². The Labute approximate surface area is 231 Å². The molecule has 0 aromatic carbocycles. The van der Waals surface area contributed by atoms with Gasteiger partial charge in [0.25, 0.3) is 40.5 Å². The SMILES string of the molecule is CC1(OP(=O)(OC2(C)COS(=O)(=O)C2)P(=O)(OC2(C)COS(=O)(=O)C2)OC2(C)COS(=O)(=O)C2)COS(=O)(=O)C1. The van der Waals surface area contributed by atoms with E-state index in [9.17, 15) is 42.8 Å². The van der Waals surface area contributed by atoms with Crippen molar-refractivity contribution in [2.45, 2.75) is 50.1 Å². The lowest BCUT2D eigenvalue weighted by Crippen LogP contribution is -2.40. The molecule has 0 radical (unpaired) electrons. The summed E-state index contributed by atoms with van der Waals surface area (Å²) in [5.41, 5.74) is -8.15. The molecule has 0 aromatic heterocycles. The van der Waals surface area contributed by atoms with Crippen molar-refractivity contribution < 1.29 is 77.6 Å². The van der Waals surface area contributed by atoms with Crippen LogP contribution in [0, 0.1) is 0 Å². The standard InChI is InChI=1S/C16H28O18P2S4/c1-13(5-27-37(19,20)9-13)31-35(17,32-14(2)6-28-38(21,22)10-14)36(18,33-15(3)7-29-39(23,24)11-15)34-16(4)8-30-40(25,26)12-16/h5-12H2,1-4H3. The van der Waals surface area contributed by atoms with Gasteiger partial charge in [0.1, 0.15) is 45.4 Å². The third-order valence-corrected chi connectivity index (χ3v) is 17.6. The second kappa shape index (κ2) is 9.72. The smallest absolute Gasteiger partial charge is 0.290 e. The van der Waals surface area contributed by atoms with Gasteiger partial charge in [-0.2, -0.15) is 33.7 Å². The summed E-state index contributed by atoms with van der Waals surface area (Å²) < 4.78 is 167. The first-order chi connectivity index (χ1) is 17.7. The molecule has 4 unspecified atom stereocenters. The molecule has 4 heterocycles. The molecule has 0 aliphatic carbocycles. The van der Waals surface area contributed by atoms with Crippen molar-refractivity contribution in [1.29, 1.82) is 0 Å². The third kappa shape index (κ3) is 7.18. The van der Waals surface area contributed by atoms with Gasteiger partial charge in [0.15, 0.2) is 0 Å². The van der Waals surface area contributed by atoms with E-state index < -0.39 is 127 Å². The molecule has 4 aliphatic rings. The molecule has 4 rings (SSSR count). The largest absolute Gasteiger partial charge is 0.442 e. The Hall–Kier alpha value is -0.0600. The molecule has 24 heteroatoms. The van der Waals surface area contributed by atoms with Crippen LogP contribution in [-0.2, 0) is 84.4 Å². The zero-order valence-corrected chi connectivity index (χ0v) is 26.6. The third-order valence-electron chi connectivity index (χ3n) is 5.75. The molecule has 0 aromatic rings. The minimum absolute atomic E-state index is 0.752. The first-order valence-corrected chi connectivity index (χ1v) is 21.4. The van der Waals surface area contributed by atoms with Crippen LogP contribution < -0.4 is 0 Å². The normalized spacial score (nSPS) is 42.8. The Bertz CT molecular complexity index is 1370. The van der Waals surface area contributed by atoms with Crippen molar-refractivity contribution in [1.82, 2.24) is 0 Å². The molecular weight excluding hydrogens is 670 g/mol. The van der Waals surface area contributed by atoms with Crippen LogP contribution >= 0.6 is 14.6 Å². The lowest BCUT2D eigenvalue weighted by atomic mass is 10.2. The van der Waals surface area contributed by atoms with Crippen molar-refractivity contribution in [3.63, 3.8) is 0 Å². The number of hydrogen-bond donors (Lipinski definition) is 0. The van der Waals surface area contributed by atoms with E-state index in [1.54, 1.807) is 0 Å². The summed E-state index contributed by atoms with van der Waals surface area (Å²) in [5.74, 6) is -3.71. The highest BCUT2D eigenvalue weighted by molar-refractivity contribution is 8.27. The number of rotatable bonds is 9. The predicted molar refractivity (Wildman–Crippen MR) is 132 cm³/mol. The average Bonchev–Trinajstić information content (AvgIpc) is 3.35. The fourth-order valence-corrected chi connectivity index (χ4v) is 16.9. The minimum atomic E-state index is -5.64. The first kappa shape index (κ1) is 32.8. The van der Waals surface area contributed by atoms with Gasteiger partial charge >= 0.3 is 14.6 Å². The van der Waals surface area contributed by atoms with Gasteiger partial charge in [0.2, 0.25) is 0 Å². The molecule has 0 spiro atoms. The van der Waals surface area contributed by atoms with E-state index in [2.05, 4.69) is 16.7 Å². The molecule has 40 heavy (non-hydrogen) atoms. The number of hydrogen-bond acceptors (Lipinski definition) is 18. The van der Waals surface area contributed by atoms with Crippen LogP contribution in [0.15, 0.2) is 0 Å². The van der Waals surface area contributed by atoms with Gasteiger partial charge in [-0.1, -0.05) is 0 Å². The van der Waals surface area contributed by atoms with Crippen molar-refractivity contribution in [2.75, 3.05) is 49.4 Å². The van der Waals surface area contributed by atoms with Crippen molar-refractivity contribution in [2.24, 2.45) is 0 Å². The van der Waals surface area contributed by atoms with Gasteiger partial charge in [0, 0.05) is 0 Å². The monoisotopic (exact) mass is 698 g/mol.